The van der Waals surface area contributed by atoms with E-state index in [1.807, 2.05) is 6.92 Å². The molecule has 68 valence electrons. The first-order valence-electron chi connectivity index (χ1n) is 3.46. The van der Waals surface area contributed by atoms with Gasteiger partial charge in [0.2, 0.25) is 0 Å². The first-order valence-corrected chi connectivity index (χ1v) is 4.92. The third-order valence-corrected chi connectivity index (χ3v) is 2.20. The van der Waals surface area contributed by atoms with Gasteiger partial charge in [-0.2, -0.15) is 0 Å². The van der Waals surface area contributed by atoms with Gasteiger partial charge in [-0.1, -0.05) is 6.92 Å². The van der Waals surface area contributed by atoms with E-state index in [2.05, 4.69) is 9.15 Å². The second kappa shape index (κ2) is 5.69. The molecule has 0 aliphatic carbocycles. The summed E-state index contributed by atoms with van der Waals surface area (Å²) in [6, 6.07) is 0. The van der Waals surface area contributed by atoms with Crippen molar-refractivity contribution in [1.29, 1.82) is 0 Å². The lowest BCUT2D eigenvalue weighted by Crippen LogP contribution is -2.04. The third kappa shape index (κ3) is 4.50. The molecular formula is C5H14NO4P. The maximum absolute atomic E-state index is 11.1. The fourth-order valence-corrected chi connectivity index (χ4v) is 1.38. The highest BCUT2D eigenvalue weighted by atomic mass is 31.2. The van der Waals surface area contributed by atoms with Gasteiger partial charge < -0.3 is 0 Å². The molecule has 0 spiro atoms. The van der Waals surface area contributed by atoms with Gasteiger partial charge in [-0.05, 0) is 13.3 Å². The van der Waals surface area contributed by atoms with Gasteiger partial charge >= 0.3 is 7.82 Å². The van der Waals surface area contributed by atoms with Gasteiger partial charge in [0, 0.05) is 0 Å². The molecule has 1 unspecified atom stereocenters. The molecule has 0 aromatic heterocycles. The molecule has 1 atom stereocenters. The predicted octanol–water partition coefficient (Wildman–Crippen LogP) is 1.45. The number of phosphoric ester groups is 1. The summed E-state index contributed by atoms with van der Waals surface area (Å²) in [5.41, 5.74) is 0. The molecule has 0 aliphatic rings. The maximum Gasteiger partial charge on any atom is 0.491 e. The fraction of sp³-hybridized carbons (Fsp3) is 1.00. The van der Waals surface area contributed by atoms with Crippen LogP contribution in [0.2, 0.25) is 0 Å². The van der Waals surface area contributed by atoms with E-state index in [0.29, 0.717) is 6.61 Å². The monoisotopic (exact) mass is 183 g/mol. The van der Waals surface area contributed by atoms with Crippen molar-refractivity contribution < 1.29 is 18.2 Å². The average Bonchev–Trinajstić information content (AvgIpc) is 2.02. The lowest BCUT2D eigenvalue weighted by atomic mass is 10.5. The number of rotatable bonds is 6. The van der Waals surface area contributed by atoms with Crippen LogP contribution >= 0.6 is 7.82 Å². The summed E-state index contributed by atoms with van der Waals surface area (Å²) in [5.74, 6) is 4.72. The maximum atomic E-state index is 11.1. The van der Waals surface area contributed by atoms with E-state index in [-0.39, 0.29) is 6.61 Å². The highest BCUT2D eigenvalue weighted by Crippen LogP contribution is 2.47. The molecule has 0 saturated carbocycles. The van der Waals surface area contributed by atoms with Gasteiger partial charge in [0.15, 0.2) is 0 Å². The smallest absolute Gasteiger partial charge is 0.286 e. The Hall–Kier alpha value is 0.0700. The van der Waals surface area contributed by atoms with Crippen LogP contribution in [0.1, 0.15) is 20.3 Å². The molecule has 6 heteroatoms. The molecule has 5 nitrogen and oxygen atoms in total. The van der Waals surface area contributed by atoms with E-state index < -0.39 is 7.82 Å². The van der Waals surface area contributed by atoms with Crippen LogP contribution in [0.3, 0.4) is 0 Å². The van der Waals surface area contributed by atoms with Crippen molar-refractivity contribution in [3.05, 3.63) is 0 Å². The van der Waals surface area contributed by atoms with E-state index in [1.54, 1.807) is 6.92 Å². The number of hydrogen-bond donors (Lipinski definition) is 1. The number of hydrogen-bond acceptors (Lipinski definition) is 5. The quantitative estimate of drug-likeness (QED) is 0.498. The summed E-state index contributed by atoms with van der Waals surface area (Å²) < 4.78 is 24.7. The molecule has 0 aromatic rings. The zero-order valence-corrected chi connectivity index (χ0v) is 7.67. The fourth-order valence-electron chi connectivity index (χ4n) is 0.459. The minimum Gasteiger partial charge on any atom is -0.286 e. The highest BCUT2D eigenvalue weighted by Gasteiger charge is 2.23. The van der Waals surface area contributed by atoms with Crippen molar-refractivity contribution in [2.75, 3.05) is 13.2 Å². The van der Waals surface area contributed by atoms with Crippen molar-refractivity contribution in [2.24, 2.45) is 5.90 Å². The summed E-state index contributed by atoms with van der Waals surface area (Å²) in [6.45, 7) is 4.13. The van der Waals surface area contributed by atoms with Crippen LogP contribution in [0.15, 0.2) is 0 Å². The summed E-state index contributed by atoms with van der Waals surface area (Å²) in [6.07, 6.45) is 0.737. The Bertz CT molecular complexity index is 140. The van der Waals surface area contributed by atoms with Crippen LogP contribution in [0.4, 0.5) is 0 Å². The van der Waals surface area contributed by atoms with Crippen LogP contribution in [-0.4, -0.2) is 13.2 Å². The topological polar surface area (TPSA) is 70.8 Å². The SMILES string of the molecule is CCCOP(=O)(ON)OCC. The van der Waals surface area contributed by atoms with Gasteiger partial charge in [0.25, 0.3) is 0 Å². The lowest BCUT2D eigenvalue weighted by molar-refractivity contribution is 0.118. The molecule has 0 saturated heterocycles. The van der Waals surface area contributed by atoms with Crippen molar-refractivity contribution in [3.8, 4) is 0 Å². The molecule has 0 amide bonds. The van der Waals surface area contributed by atoms with Crippen molar-refractivity contribution in [2.45, 2.75) is 20.3 Å². The van der Waals surface area contributed by atoms with E-state index >= 15 is 0 Å². The molecule has 2 N–H and O–H groups in total. The molecule has 0 fully saturated rings. The van der Waals surface area contributed by atoms with Crippen LogP contribution in [0.5, 0.6) is 0 Å². The normalized spacial score (nSPS) is 16.3. The zero-order chi connectivity index (χ0) is 8.74. The predicted molar refractivity (Wildman–Crippen MR) is 40.7 cm³/mol. The lowest BCUT2D eigenvalue weighted by Gasteiger charge is -2.12. The minimum absolute atomic E-state index is 0.248. The number of phosphoric acid groups is 1. The second-order valence-corrected chi connectivity index (χ2v) is 3.43. The molecule has 0 bridgehead atoms. The molecule has 0 aromatic carbocycles. The molecular weight excluding hydrogens is 169 g/mol. The first kappa shape index (κ1) is 11.1. The third-order valence-electron chi connectivity index (χ3n) is 0.870. The van der Waals surface area contributed by atoms with Gasteiger partial charge in [-0.25, -0.2) is 15.1 Å². The Labute approximate surface area is 66.4 Å². The largest absolute Gasteiger partial charge is 0.491 e. The molecule has 0 aliphatic heterocycles. The zero-order valence-electron chi connectivity index (χ0n) is 6.78. The Morgan fingerprint density at radius 1 is 1.36 bits per heavy atom. The summed E-state index contributed by atoms with van der Waals surface area (Å²) in [7, 11) is -3.44. The molecule has 0 heterocycles. The van der Waals surface area contributed by atoms with Gasteiger partial charge in [-0.3, -0.25) is 9.05 Å². The standard InChI is InChI=1S/C5H14NO4P/c1-3-5-9-11(7,10-6)8-4-2/h3-6H2,1-2H3. The van der Waals surface area contributed by atoms with E-state index in [9.17, 15) is 4.57 Å². The van der Waals surface area contributed by atoms with Gasteiger partial charge in [0.05, 0.1) is 13.2 Å². The van der Waals surface area contributed by atoms with E-state index in [0.717, 1.165) is 6.42 Å². The van der Waals surface area contributed by atoms with Gasteiger partial charge in [-0.15, -0.1) is 0 Å². The van der Waals surface area contributed by atoms with Crippen molar-refractivity contribution in [3.63, 3.8) is 0 Å². The Morgan fingerprint density at radius 3 is 2.36 bits per heavy atom. The van der Waals surface area contributed by atoms with Crippen molar-refractivity contribution >= 4 is 7.82 Å². The van der Waals surface area contributed by atoms with E-state index in [1.165, 1.54) is 0 Å². The first-order chi connectivity index (χ1) is 5.18. The Balaban J connectivity index is 3.79. The molecule has 0 radical (unpaired) electrons. The van der Waals surface area contributed by atoms with Gasteiger partial charge in [0.1, 0.15) is 0 Å². The molecule has 11 heavy (non-hydrogen) atoms. The van der Waals surface area contributed by atoms with Crippen LogP contribution in [-0.2, 0) is 18.2 Å². The summed E-state index contributed by atoms with van der Waals surface area (Å²) in [5, 5.41) is 0. The van der Waals surface area contributed by atoms with Crippen LogP contribution < -0.4 is 5.90 Å². The van der Waals surface area contributed by atoms with E-state index in [4.69, 9.17) is 10.4 Å². The summed E-state index contributed by atoms with van der Waals surface area (Å²) in [4.78, 5) is 0. The van der Waals surface area contributed by atoms with Crippen LogP contribution in [0, 0.1) is 0 Å². The van der Waals surface area contributed by atoms with Crippen LogP contribution in [0.25, 0.3) is 0 Å². The second-order valence-electron chi connectivity index (χ2n) is 1.80. The summed E-state index contributed by atoms with van der Waals surface area (Å²) >= 11 is 0. The van der Waals surface area contributed by atoms with Crippen molar-refractivity contribution in [1.82, 2.24) is 0 Å². The average molecular weight is 183 g/mol. The molecule has 0 rings (SSSR count). The Morgan fingerprint density at radius 2 is 2.00 bits per heavy atom. The minimum atomic E-state index is -3.44. The Kier molecular flexibility index (Phi) is 5.72. The number of nitrogens with two attached hydrogens (primary N) is 1. The highest BCUT2D eigenvalue weighted by molar-refractivity contribution is 7.48.